The second-order valence-corrected chi connectivity index (χ2v) is 4.47. The lowest BCUT2D eigenvalue weighted by molar-refractivity contribution is 0.329. The van der Waals surface area contributed by atoms with E-state index in [9.17, 15) is 5.11 Å². The summed E-state index contributed by atoms with van der Waals surface area (Å²) in [5.74, 6) is 0.333. The summed E-state index contributed by atoms with van der Waals surface area (Å²) in [5.41, 5.74) is 1.11. The lowest BCUT2D eigenvalue weighted by Crippen LogP contribution is -1.86. The van der Waals surface area contributed by atoms with E-state index in [-0.39, 0.29) is 16.5 Å². The Morgan fingerprint density at radius 1 is 1.06 bits per heavy atom. The molecule has 2 nitrogen and oxygen atoms in total. The molecule has 0 bridgehead atoms. The van der Waals surface area contributed by atoms with Crippen LogP contribution in [0, 0.1) is 6.92 Å². The summed E-state index contributed by atoms with van der Waals surface area (Å²) < 4.78 is 5.45. The van der Waals surface area contributed by atoms with E-state index in [1.54, 1.807) is 12.1 Å². The van der Waals surface area contributed by atoms with Gasteiger partial charge in [-0.15, -0.1) is 0 Å². The minimum absolute atomic E-state index is 0.0971. The Bertz CT molecular complexity index is 513. The van der Waals surface area contributed by atoms with E-state index in [0.29, 0.717) is 10.8 Å². The van der Waals surface area contributed by atoms with Gasteiger partial charge in [0, 0.05) is 11.1 Å². The summed E-state index contributed by atoms with van der Waals surface area (Å²) in [7, 11) is 0. The molecule has 0 aromatic heterocycles. The highest BCUT2D eigenvalue weighted by molar-refractivity contribution is 6.35. The molecule has 0 spiro atoms. The van der Waals surface area contributed by atoms with Crippen LogP contribution in [0.1, 0.15) is 5.56 Å². The number of halogens is 2. The Labute approximate surface area is 109 Å². The summed E-state index contributed by atoms with van der Waals surface area (Å²) in [5, 5.41) is 12.2. The first-order chi connectivity index (χ1) is 8.06. The number of hydrogen-bond donors (Lipinski definition) is 0. The maximum Gasteiger partial charge on any atom is 0.224 e. The molecule has 0 aliphatic rings. The molecular formula is C13H9Cl2O2. The first-order valence-electron chi connectivity index (χ1n) is 4.97. The van der Waals surface area contributed by atoms with Crippen LogP contribution < -0.4 is 4.74 Å². The summed E-state index contributed by atoms with van der Waals surface area (Å²) >= 11 is 11.6. The maximum absolute atomic E-state index is 11.6. The van der Waals surface area contributed by atoms with Crippen molar-refractivity contribution in [2.24, 2.45) is 0 Å². The lowest BCUT2D eigenvalue weighted by Gasteiger charge is -2.08. The average Bonchev–Trinajstić information content (AvgIpc) is 2.26. The number of benzene rings is 2. The van der Waals surface area contributed by atoms with Gasteiger partial charge in [0.1, 0.15) is 5.75 Å². The molecular weight excluding hydrogens is 259 g/mol. The van der Waals surface area contributed by atoms with Crippen molar-refractivity contribution >= 4 is 23.2 Å². The van der Waals surface area contributed by atoms with Gasteiger partial charge in [0.15, 0.2) is 5.75 Å². The van der Waals surface area contributed by atoms with Crippen molar-refractivity contribution in [3.63, 3.8) is 0 Å². The molecule has 0 aliphatic heterocycles. The van der Waals surface area contributed by atoms with Crippen LogP contribution in [0.2, 0.25) is 10.0 Å². The molecule has 0 N–H and O–H groups in total. The Hall–Kier alpha value is -1.38. The fourth-order valence-corrected chi connectivity index (χ4v) is 1.87. The van der Waals surface area contributed by atoms with E-state index >= 15 is 0 Å². The average molecular weight is 268 g/mol. The third-order valence-corrected chi connectivity index (χ3v) is 2.71. The van der Waals surface area contributed by atoms with Gasteiger partial charge >= 0.3 is 0 Å². The zero-order chi connectivity index (χ0) is 12.4. The number of rotatable bonds is 2. The number of ether oxygens (including phenoxy) is 1. The molecule has 0 unspecified atom stereocenters. The van der Waals surface area contributed by atoms with Crippen LogP contribution in [0.3, 0.4) is 0 Å². The molecule has 0 heterocycles. The number of hydrogen-bond acceptors (Lipinski definition) is 1. The minimum atomic E-state index is -0.330. The second kappa shape index (κ2) is 4.86. The highest BCUT2D eigenvalue weighted by Gasteiger charge is 2.12. The van der Waals surface area contributed by atoms with Crippen LogP contribution >= 0.6 is 23.2 Å². The third kappa shape index (κ3) is 2.84. The first-order valence-corrected chi connectivity index (χ1v) is 5.72. The third-order valence-electron chi connectivity index (χ3n) is 2.22. The molecule has 2 aromatic rings. The predicted molar refractivity (Wildman–Crippen MR) is 67.8 cm³/mol. The van der Waals surface area contributed by atoms with Gasteiger partial charge in [-0.2, -0.15) is 0 Å². The molecule has 0 atom stereocenters. The summed E-state index contributed by atoms with van der Waals surface area (Å²) in [4.78, 5) is 0. The lowest BCUT2D eigenvalue weighted by atomic mass is 10.2. The Balaban J connectivity index is 2.33. The molecule has 0 amide bonds. The highest BCUT2D eigenvalue weighted by Crippen LogP contribution is 2.40. The summed E-state index contributed by atoms with van der Waals surface area (Å²) in [6.45, 7) is 1.97. The van der Waals surface area contributed by atoms with Crippen molar-refractivity contribution in [1.82, 2.24) is 0 Å². The Morgan fingerprint density at radius 2 is 1.71 bits per heavy atom. The predicted octanol–water partition coefficient (Wildman–Crippen LogP) is 5.24. The molecule has 2 aromatic carbocycles. The van der Waals surface area contributed by atoms with Gasteiger partial charge in [0.2, 0.25) is 5.75 Å². The molecule has 0 saturated heterocycles. The van der Waals surface area contributed by atoms with Gasteiger partial charge in [-0.3, -0.25) is 5.11 Å². The van der Waals surface area contributed by atoms with Gasteiger partial charge in [-0.05, 0) is 25.1 Å². The first kappa shape index (κ1) is 12.1. The molecule has 0 saturated carbocycles. The Morgan fingerprint density at radius 3 is 2.29 bits per heavy atom. The SMILES string of the molecule is Cc1ccc(Oc2c([O])cc(Cl)cc2Cl)cc1. The topological polar surface area (TPSA) is 29.1 Å². The highest BCUT2D eigenvalue weighted by atomic mass is 35.5. The summed E-state index contributed by atoms with van der Waals surface area (Å²) in [6.07, 6.45) is 0. The van der Waals surface area contributed by atoms with Crippen molar-refractivity contribution < 1.29 is 9.84 Å². The van der Waals surface area contributed by atoms with Gasteiger partial charge in [0.05, 0.1) is 5.02 Å². The van der Waals surface area contributed by atoms with Gasteiger partial charge < -0.3 is 4.74 Å². The van der Waals surface area contributed by atoms with Crippen LogP contribution in [0.25, 0.3) is 0 Å². The second-order valence-electron chi connectivity index (χ2n) is 3.63. The van der Waals surface area contributed by atoms with Crippen LogP contribution in [-0.2, 0) is 5.11 Å². The quantitative estimate of drug-likeness (QED) is 0.732. The molecule has 2 rings (SSSR count). The van der Waals surface area contributed by atoms with E-state index in [0.717, 1.165) is 5.56 Å². The van der Waals surface area contributed by atoms with Crippen LogP contribution in [0.15, 0.2) is 36.4 Å². The Kier molecular flexibility index (Phi) is 3.46. The van der Waals surface area contributed by atoms with Crippen molar-refractivity contribution in [1.29, 1.82) is 0 Å². The fraction of sp³-hybridized carbons (Fsp3) is 0.0769. The smallest absolute Gasteiger partial charge is 0.224 e. The number of aryl methyl sites for hydroxylation is 1. The molecule has 1 radical (unpaired) electrons. The standard InChI is InChI=1S/C13H9Cl2O2/c1-8-2-4-10(5-3-8)17-13-11(15)6-9(14)7-12(13)16/h2-7H,1H3. The zero-order valence-electron chi connectivity index (χ0n) is 9.04. The monoisotopic (exact) mass is 267 g/mol. The van der Waals surface area contributed by atoms with Gasteiger partial charge in [-0.25, -0.2) is 0 Å². The van der Waals surface area contributed by atoms with Crippen molar-refractivity contribution in [2.75, 3.05) is 0 Å². The zero-order valence-corrected chi connectivity index (χ0v) is 10.5. The fourth-order valence-electron chi connectivity index (χ4n) is 1.36. The maximum atomic E-state index is 11.6. The van der Waals surface area contributed by atoms with Gasteiger partial charge in [0.25, 0.3) is 0 Å². The van der Waals surface area contributed by atoms with E-state index in [2.05, 4.69) is 0 Å². The van der Waals surface area contributed by atoms with Gasteiger partial charge in [-0.1, -0.05) is 40.9 Å². The van der Waals surface area contributed by atoms with Crippen LogP contribution in [0.5, 0.6) is 17.2 Å². The van der Waals surface area contributed by atoms with Crippen molar-refractivity contribution in [2.45, 2.75) is 6.92 Å². The normalized spacial score (nSPS) is 10.3. The molecule has 4 heteroatoms. The molecule has 87 valence electrons. The van der Waals surface area contributed by atoms with E-state index in [1.165, 1.54) is 12.1 Å². The van der Waals surface area contributed by atoms with Crippen LogP contribution in [0.4, 0.5) is 0 Å². The van der Waals surface area contributed by atoms with Crippen LogP contribution in [-0.4, -0.2) is 0 Å². The summed E-state index contributed by atoms with van der Waals surface area (Å²) in [6, 6.07) is 10.1. The van der Waals surface area contributed by atoms with E-state index in [1.807, 2.05) is 19.1 Å². The van der Waals surface area contributed by atoms with E-state index in [4.69, 9.17) is 27.9 Å². The largest absolute Gasteiger partial charge is 0.452 e. The van der Waals surface area contributed by atoms with Crippen molar-refractivity contribution in [3.8, 4) is 17.2 Å². The van der Waals surface area contributed by atoms with E-state index < -0.39 is 0 Å². The van der Waals surface area contributed by atoms with Crippen molar-refractivity contribution in [3.05, 3.63) is 52.0 Å². The molecule has 17 heavy (non-hydrogen) atoms. The molecule has 0 fully saturated rings. The molecule has 0 aliphatic carbocycles. The minimum Gasteiger partial charge on any atom is -0.452 e.